The van der Waals surface area contributed by atoms with Crippen molar-refractivity contribution in [2.45, 2.75) is 44.7 Å². The smallest absolute Gasteiger partial charge is 0.295 e. The van der Waals surface area contributed by atoms with Gasteiger partial charge in [0.15, 0.2) is 11.2 Å². The summed E-state index contributed by atoms with van der Waals surface area (Å²) in [6.07, 6.45) is 9.94. The van der Waals surface area contributed by atoms with Crippen molar-refractivity contribution in [3.63, 3.8) is 0 Å². The summed E-state index contributed by atoms with van der Waals surface area (Å²) >= 11 is 0. The summed E-state index contributed by atoms with van der Waals surface area (Å²) < 4.78 is 8.01. The maximum absolute atomic E-state index is 5.96. The zero-order valence-corrected chi connectivity index (χ0v) is 14.6. The van der Waals surface area contributed by atoms with Crippen LogP contribution in [-0.2, 0) is 6.54 Å². The van der Waals surface area contributed by atoms with E-state index in [0.717, 1.165) is 27.8 Å². The average molecular weight is 347 g/mol. The van der Waals surface area contributed by atoms with Gasteiger partial charge in [0.05, 0.1) is 12.9 Å². The number of pyridine rings is 1. The number of imidazole rings is 1. The maximum atomic E-state index is 5.96. The Morgan fingerprint density at radius 3 is 2.92 bits per heavy atom. The lowest BCUT2D eigenvalue weighted by Crippen LogP contribution is -2.22. The Bertz CT molecular complexity index is 1040. The molecular weight excluding hydrogens is 326 g/mol. The molecular formula is C20H21N5O. The molecule has 0 bridgehead atoms. The van der Waals surface area contributed by atoms with E-state index in [4.69, 9.17) is 4.42 Å². The van der Waals surface area contributed by atoms with Crippen molar-refractivity contribution in [1.29, 1.82) is 0 Å². The highest BCUT2D eigenvalue weighted by atomic mass is 16.4. The summed E-state index contributed by atoms with van der Waals surface area (Å²) in [5, 5.41) is 3.46. The summed E-state index contributed by atoms with van der Waals surface area (Å²) in [4.78, 5) is 13.4. The number of nitrogens with zero attached hydrogens (tertiary/aromatic N) is 4. The maximum Gasteiger partial charge on any atom is 0.295 e. The van der Waals surface area contributed by atoms with Crippen LogP contribution in [-0.4, -0.2) is 25.6 Å². The van der Waals surface area contributed by atoms with E-state index >= 15 is 0 Å². The second-order valence-electron chi connectivity index (χ2n) is 7.02. The van der Waals surface area contributed by atoms with Crippen molar-refractivity contribution < 1.29 is 4.42 Å². The Labute approximate surface area is 151 Å². The number of hydrogen-bond acceptors (Lipinski definition) is 5. The van der Waals surface area contributed by atoms with Gasteiger partial charge < -0.3 is 14.3 Å². The Kier molecular flexibility index (Phi) is 3.81. The van der Waals surface area contributed by atoms with Gasteiger partial charge in [-0.2, -0.15) is 4.98 Å². The Morgan fingerprint density at radius 1 is 1.08 bits per heavy atom. The van der Waals surface area contributed by atoms with Crippen LogP contribution in [0.15, 0.2) is 47.3 Å². The van der Waals surface area contributed by atoms with E-state index in [1.807, 2.05) is 29.1 Å². The summed E-state index contributed by atoms with van der Waals surface area (Å²) in [6, 6.07) is 11.2. The number of anilines is 1. The number of aromatic nitrogens is 4. The van der Waals surface area contributed by atoms with Gasteiger partial charge in [0, 0.05) is 12.2 Å². The second kappa shape index (κ2) is 6.44. The zero-order chi connectivity index (χ0) is 17.3. The molecule has 0 saturated heterocycles. The number of fused-ring (bicyclic) bond motifs is 2. The molecule has 26 heavy (non-hydrogen) atoms. The van der Waals surface area contributed by atoms with Crippen LogP contribution < -0.4 is 5.32 Å². The van der Waals surface area contributed by atoms with Crippen LogP contribution in [0.1, 0.15) is 37.7 Å². The minimum Gasteiger partial charge on any atom is -0.424 e. The van der Waals surface area contributed by atoms with E-state index in [1.54, 1.807) is 6.20 Å². The standard InChI is InChI=1S/C20H21N5O/c1-2-5-15(6-3-1)23-20-24-16-9-8-14(11-18(16)26-20)12-25-13-22-17-7-4-10-21-19(17)25/h4,7-11,13,15H,1-3,5-6,12H2,(H,23,24). The SMILES string of the molecule is c1cnc2c(c1)ncn2Cc1ccc2nc(NC3CCCCC3)oc2c1. The zero-order valence-electron chi connectivity index (χ0n) is 14.6. The highest BCUT2D eigenvalue weighted by Gasteiger charge is 2.16. The molecule has 1 saturated carbocycles. The number of hydrogen-bond donors (Lipinski definition) is 1. The Balaban J connectivity index is 1.39. The lowest BCUT2D eigenvalue weighted by Gasteiger charge is -2.21. The molecule has 0 atom stereocenters. The monoisotopic (exact) mass is 347 g/mol. The molecule has 1 fully saturated rings. The Morgan fingerprint density at radius 2 is 2.00 bits per heavy atom. The molecule has 0 amide bonds. The quantitative estimate of drug-likeness (QED) is 0.594. The molecule has 3 aromatic heterocycles. The highest BCUT2D eigenvalue weighted by Crippen LogP contribution is 2.25. The fraction of sp³-hybridized carbons (Fsp3) is 0.350. The van der Waals surface area contributed by atoms with E-state index in [9.17, 15) is 0 Å². The van der Waals surface area contributed by atoms with Crippen LogP contribution in [0.25, 0.3) is 22.3 Å². The fourth-order valence-corrected chi connectivity index (χ4v) is 3.76. The van der Waals surface area contributed by atoms with Crippen LogP contribution in [0.2, 0.25) is 0 Å². The molecule has 1 aliphatic rings. The molecule has 132 valence electrons. The normalized spacial score (nSPS) is 15.7. The molecule has 0 unspecified atom stereocenters. The summed E-state index contributed by atoms with van der Waals surface area (Å²) in [5.41, 5.74) is 4.65. The summed E-state index contributed by atoms with van der Waals surface area (Å²) in [7, 11) is 0. The van der Waals surface area contributed by atoms with Gasteiger partial charge >= 0.3 is 0 Å². The molecule has 0 spiro atoms. The lowest BCUT2D eigenvalue weighted by molar-refractivity contribution is 0.451. The van der Waals surface area contributed by atoms with Gasteiger partial charge in [-0.1, -0.05) is 25.3 Å². The van der Waals surface area contributed by atoms with Crippen LogP contribution >= 0.6 is 0 Å². The first-order valence-electron chi connectivity index (χ1n) is 9.27. The molecule has 1 N–H and O–H groups in total. The van der Waals surface area contributed by atoms with Gasteiger partial charge in [0.2, 0.25) is 0 Å². The summed E-state index contributed by atoms with van der Waals surface area (Å²) in [6.45, 7) is 0.704. The van der Waals surface area contributed by atoms with Crippen LogP contribution in [0.3, 0.4) is 0 Å². The van der Waals surface area contributed by atoms with Crippen molar-refractivity contribution in [2.24, 2.45) is 0 Å². The first kappa shape index (κ1) is 15.4. The minimum atomic E-state index is 0.486. The number of oxazole rings is 1. The summed E-state index contributed by atoms with van der Waals surface area (Å²) in [5.74, 6) is 0. The van der Waals surface area contributed by atoms with Crippen LogP contribution in [0.4, 0.5) is 6.01 Å². The van der Waals surface area contributed by atoms with Crippen molar-refractivity contribution >= 4 is 28.3 Å². The van der Waals surface area contributed by atoms with Gasteiger partial charge in [-0.15, -0.1) is 0 Å². The number of benzene rings is 1. The molecule has 6 heteroatoms. The molecule has 0 radical (unpaired) electrons. The lowest BCUT2D eigenvalue weighted by atomic mass is 9.96. The average Bonchev–Trinajstić information content (AvgIpc) is 3.26. The first-order valence-corrected chi connectivity index (χ1v) is 9.27. The van der Waals surface area contributed by atoms with E-state index in [-0.39, 0.29) is 0 Å². The predicted molar refractivity (Wildman–Crippen MR) is 101 cm³/mol. The first-order chi connectivity index (χ1) is 12.8. The van der Waals surface area contributed by atoms with Crippen molar-refractivity contribution in [1.82, 2.24) is 19.5 Å². The van der Waals surface area contributed by atoms with Crippen molar-refractivity contribution in [2.75, 3.05) is 5.32 Å². The van der Waals surface area contributed by atoms with Crippen molar-refractivity contribution in [3.8, 4) is 0 Å². The molecule has 1 aromatic carbocycles. The van der Waals surface area contributed by atoms with Crippen LogP contribution in [0.5, 0.6) is 0 Å². The topological polar surface area (TPSA) is 68.8 Å². The third kappa shape index (κ3) is 2.92. The third-order valence-corrected chi connectivity index (χ3v) is 5.11. The largest absolute Gasteiger partial charge is 0.424 e. The second-order valence-corrected chi connectivity index (χ2v) is 7.02. The molecule has 4 aromatic rings. The van der Waals surface area contributed by atoms with E-state index < -0.39 is 0 Å². The molecule has 3 heterocycles. The molecule has 5 rings (SSSR count). The van der Waals surface area contributed by atoms with Crippen LogP contribution in [0, 0.1) is 0 Å². The molecule has 0 aliphatic heterocycles. The molecule has 6 nitrogen and oxygen atoms in total. The molecule has 1 aliphatic carbocycles. The van der Waals surface area contributed by atoms with Gasteiger partial charge in [-0.05, 0) is 42.7 Å². The van der Waals surface area contributed by atoms with Crippen molar-refractivity contribution in [3.05, 3.63) is 48.4 Å². The van der Waals surface area contributed by atoms with Gasteiger partial charge in [0.1, 0.15) is 11.0 Å². The van der Waals surface area contributed by atoms with Gasteiger partial charge in [-0.3, -0.25) is 0 Å². The van der Waals surface area contributed by atoms with E-state index in [0.29, 0.717) is 18.6 Å². The van der Waals surface area contributed by atoms with Gasteiger partial charge in [-0.25, -0.2) is 9.97 Å². The van der Waals surface area contributed by atoms with E-state index in [1.165, 1.54) is 32.1 Å². The third-order valence-electron chi connectivity index (χ3n) is 5.11. The Hall–Kier alpha value is -2.89. The minimum absolute atomic E-state index is 0.486. The highest BCUT2D eigenvalue weighted by molar-refractivity contribution is 5.75. The van der Waals surface area contributed by atoms with Gasteiger partial charge in [0.25, 0.3) is 6.01 Å². The number of nitrogens with one attached hydrogen (secondary N) is 1. The number of rotatable bonds is 4. The van der Waals surface area contributed by atoms with E-state index in [2.05, 4.69) is 32.4 Å². The predicted octanol–water partition coefficient (Wildman–Crippen LogP) is 4.37. The fourth-order valence-electron chi connectivity index (χ4n) is 3.76.